The predicted octanol–water partition coefficient (Wildman–Crippen LogP) is 2.57. The lowest BCUT2D eigenvalue weighted by Gasteiger charge is -2.10. The van der Waals surface area contributed by atoms with Crippen molar-refractivity contribution in [2.75, 3.05) is 12.0 Å². The number of halogens is 2. The summed E-state index contributed by atoms with van der Waals surface area (Å²) in [5, 5.41) is 8.35. The molecule has 0 unspecified atom stereocenters. The highest BCUT2D eigenvalue weighted by atomic mass is 32.2. The highest BCUT2D eigenvalue weighted by molar-refractivity contribution is 7.99. The van der Waals surface area contributed by atoms with E-state index in [1.165, 1.54) is 48.5 Å². The summed E-state index contributed by atoms with van der Waals surface area (Å²) >= 11 is 1.08. The number of benzene rings is 2. The largest absolute Gasteiger partial charge is 0.293 e. The van der Waals surface area contributed by atoms with Gasteiger partial charge in [-0.3, -0.25) is 9.36 Å². The van der Waals surface area contributed by atoms with E-state index < -0.39 is 21.7 Å². The lowest BCUT2D eigenvalue weighted by Crippen LogP contribution is -2.23. The predicted molar refractivity (Wildman–Crippen MR) is 104 cm³/mol. The van der Waals surface area contributed by atoms with Gasteiger partial charge in [-0.1, -0.05) is 11.8 Å². The molecular weight excluding hydrogens is 422 g/mol. The number of hydrogen-bond donors (Lipinski definition) is 1. The van der Waals surface area contributed by atoms with Gasteiger partial charge in [0.05, 0.1) is 18.6 Å². The van der Waals surface area contributed by atoms with Gasteiger partial charge in [0.25, 0.3) is 0 Å². The van der Waals surface area contributed by atoms with Crippen molar-refractivity contribution >= 4 is 27.6 Å². The van der Waals surface area contributed by atoms with E-state index in [1.54, 1.807) is 4.57 Å². The van der Waals surface area contributed by atoms with E-state index in [9.17, 15) is 22.0 Å². The zero-order valence-corrected chi connectivity index (χ0v) is 16.8. The van der Waals surface area contributed by atoms with Gasteiger partial charge in [0.1, 0.15) is 11.6 Å². The molecule has 0 spiro atoms. The van der Waals surface area contributed by atoms with Gasteiger partial charge < -0.3 is 0 Å². The third-order valence-electron chi connectivity index (χ3n) is 3.78. The maximum atomic E-state index is 13.3. The Morgan fingerprint density at radius 3 is 2.21 bits per heavy atom. The van der Waals surface area contributed by atoms with Crippen molar-refractivity contribution in [3.63, 3.8) is 0 Å². The van der Waals surface area contributed by atoms with Crippen molar-refractivity contribution in [1.29, 1.82) is 0 Å². The quantitative estimate of drug-likeness (QED) is 0.429. The molecule has 3 aromatic rings. The molecule has 0 saturated carbocycles. The number of Topliss-reactive ketones (excluding diaryl/α,β-unsaturated/α-hetero) is 1. The Bertz CT molecular complexity index is 1120. The minimum atomic E-state index is -3.47. The van der Waals surface area contributed by atoms with Crippen LogP contribution < -0.4 is 4.72 Å². The summed E-state index contributed by atoms with van der Waals surface area (Å²) in [6.07, 6.45) is 1.02. The van der Waals surface area contributed by atoms with Gasteiger partial charge in [-0.05, 0) is 48.5 Å². The van der Waals surface area contributed by atoms with E-state index in [0.717, 1.165) is 18.0 Å². The molecule has 1 N–H and O–H groups in total. The third kappa shape index (κ3) is 5.68. The van der Waals surface area contributed by atoms with Crippen molar-refractivity contribution < 1.29 is 22.0 Å². The standard InChI is InChI=1S/C18H16F2N4O3S2/c1-29(26,27)21-10-17-22-23-18(24(17)15-8-6-14(20)7-9-15)28-11-16(25)12-2-4-13(19)5-3-12/h2-9,21H,10-11H2,1H3. The van der Waals surface area contributed by atoms with Crippen molar-refractivity contribution in [1.82, 2.24) is 19.5 Å². The number of carbonyl (C=O) groups excluding carboxylic acids is 1. The van der Waals surface area contributed by atoms with Gasteiger partial charge in [0, 0.05) is 11.3 Å². The van der Waals surface area contributed by atoms with Gasteiger partial charge in [0.2, 0.25) is 10.0 Å². The average Bonchev–Trinajstić information content (AvgIpc) is 3.08. The Morgan fingerprint density at radius 1 is 1.03 bits per heavy atom. The minimum Gasteiger partial charge on any atom is -0.293 e. The zero-order chi connectivity index (χ0) is 21.0. The fourth-order valence-electron chi connectivity index (χ4n) is 2.40. The average molecular weight is 438 g/mol. The number of hydrogen-bond acceptors (Lipinski definition) is 6. The highest BCUT2D eigenvalue weighted by Gasteiger charge is 2.17. The molecule has 0 atom stereocenters. The van der Waals surface area contributed by atoms with Crippen molar-refractivity contribution in [3.8, 4) is 5.69 Å². The SMILES string of the molecule is CS(=O)(=O)NCc1nnc(SCC(=O)c2ccc(F)cc2)n1-c1ccc(F)cc1. The summed E-state index contributed by atoms with van der Waals surface area (Å²) < 4.78 is 53.0. The van der Waals surface area contributed by atoms with Gasteiger partial charge in [0.15, 0.2) is 16.8 Å². The first kappa shape index (κ1) is 21.1. The molecule has 0 amide bonds. The first-order chi connectivity index (χ1) is 13.7. The molecule has 11 heteroatoms. The Hall–Kier alpha value is -2.63. The molecule has 3 rings (SSSR count). The molecule has 0 aliphatic rings. The molecular formula is C18H16F2N4O3S2. The zero-order valence-electron chi connectivity index (χ0n) is 15.2. The van der Waals surface area contributed by atoms with Gasteiger partial charge in [-0.2, -0.15) is 0 Å². The van der Waals surface area contributed by atoms with Gasteiger partial charge in [-0.15, -0.1) is 10.2 Å². The first-order valence-electron chi connectivity index (χ1n) is 8.29. The topological polar surface area (TPSA) is 94.0 Å². The van der Waals surface area contributed by atoms with Crippen LogP contribution in [0.5, 0.6) is 0 Å². The van der Waals surface area contributed by atoms with Crippen LogP contribution in [0, 0.1) is 11.6 Å². The van der Waals surface area contributed by atoms with Crippen molar-refractivity contribution in [2.24, 2.45) is 0 Å². The summed E-state index contributed by atoms with van der Waals surface area (Å²) in [4.78, 5) is 12.3. The fourth-order valence-corrected chi connectivity index (χ4v) is 3.66. The Kier molecular flexibility index (Phi) is 6.40. The van der Waals surface area contributed by atoms with Crippen LogP contribution in [-0.4, -0.2) is 41.0 Å². The smallest absolute Gasteiger partial charge is 0.209 e. The fraction of sp³-hybridized carbons (Fsp3) is 0.167. The normalized spacial score (nSPS) is 11.6. The number of ketones is 1. The Labute approximate surface area is 170 Å². The summed E-state index contributed by atoms with van der Waals surface area (Å²) in [5.41, 5.74) is 0.865. The summed E-state index contributed by atoms with van der Waals surface area (Å²) in [5.74, 6) is -0.824. The second-order valence-electron chi connectivity index (χ2n) is 6.02. The number of sulfonamides is 1. The van der Waals surface area contributed by atoms with E-state index >= 15 is 0 Å². The van der Waals surface area contributed by atoms with E-state index in [0.29, 0.717) is 16.4 Å². The lowest BCUT2D eigenvalue weighted by atomic mass is 10.1. The summed E-state index contributed by atoms with van der Waals surface area (Å²) in [6, 6.07) is 10.7. The van der Waals surface area contributed by atoms with Crippen LogP contribution in [0.4, 0.5) is 8.78 Å². The van der Waals surface area contributed by atoms with E-state index in [-0.39, 0.29) is 23.9 Å². The number of thioether (sulfide) groups is 1. The molecule has 0 aliphatic carbocycles. The van der Waals surface area contributed by atoms with E-state index in [4.69, 9.17) is 0 Å². The number of aromatic nitrogens is 3. The van der Waals surface area contributed by atoms with Crippen LogP contribution in [0.2, 0.25) is 0 Å². The monoisotopic (exact) mass is 438 g/mol. The molecule has 0 bridgehead atoms. The maximum Gasteiger partial charge on any atom is 0.209 e. The van der Waals surface area contributed by atoms with Crippen molar-refractivity contribution in [2.45, 2.75) is 11.7 Å². The molecule has 0 aliphatic heterocycles. The summed E-state index contributed by atoms with van der Waals surface area (Å²) in [7, 11) is -3.47. The number of carbonyl (C=O) groups is 1. The first-order valence-corrected chi connectivity index (χ1v) is 11.2. The number of nitrogens with zero attached hydrogens (tertiary/aromatic N) is 3. The highest BCUT2D eigenvalue weighted by Crippen LogP contribution is 2.23. The van der Waals surface area contributed by atoms with Crippen LogP contribution in [0.3, 0.4) is 0 Å². The van der Waals surface area contributed by atoms with E-state index in [2.05, 4.69) is 14.9 Å². The number of rotatable bonds is 8. The molecule has 152 valence electrons. The van der Waals surface area contributed by atoms with Crippen LogP contribution in [0.25, 0.3) is 5.69 Å². The maximum absolute atomic E-state index is 13.3. The molecule has 0 saturated heterocycles. The minimum absolute atomic E-state index is 0.00443. The lowest BCUT2D eigenvalue weighted by molar-refractivity contribution is 0.102. The molecule has 7 nitrogen and oxygen atoms in total. The summed E-state index contributed by atoms with van der Waals surface area (Å²) in [6.45, 7) is -0.129. The molecule has 2 aromatic carbocycles. The molecule has 1 heterocycles. The molecule has 1 aromatic heterocycles. The number of nitrogens with one attached hydrogen (secondary N) is 1. The van der Waals surface area contributed by atoms with Gasteiger partial charge >= 0.3 is 0 Å². The molecule has 0 fully saturated rings. The van der Waals surface area contributed by atoms with Crippen molar-refractivity contribution in [3.05, 3.63) is 71.6 Å². The van der Waals surface area contributed by atoms with Gasteiger partial charge in [-0.25, -0.2) is 21.9 Å². The second kappa shape index (κ2) is 8.80. The molecule has 29 heavy (non-hydrogen) atoms. The molecule has 0 radical (unpaired) electrons. The van der Waals surface area contributed by atoms with Crippen LogP contribution in [-0.2, 0) is 16.6 Å². The van der Waals surface area contributed by atoms with E-state index in [1.807, 2.05) is 0 Å². The van der Waals surface area contributed by atoms with Crippen LogP contribution in [0.1, 0.15) is 16.2 Å². The Balaban J connectivity index is 1.85. The van der Waals surface area contributed by atoms with Crippen LogP contribution in [0.15, 0.2) is 53.7 Å². The second-order valence-corrected chi connectivity index (χ2v) is 8.80. The Morgan fingerprint density at radius 2 is 1.62 bits per heavy atom. The van der Waals surface area contributed by atoms with Crippen LogP contribution >= 0.6 is 11.8 Å². The third-order valence-corrected chi connectivity index (χ3v) is 5.37.